The molecule has 0 aliphatic carbocycles. The van der Waals surface area contributed by atoms with Gasteiger partial charge >= 0.3 is 0 Å². The molecule has 0 radical (unpaired) electrons. The molecule has 0 bridgehead atoms. The molecule has 1 amide bonds. The number of hydrogen-bond donors (Lipinski definition) is 2. The monoisotopic (exact) mass is 270 g/mol. The van der Waals surface area contributed by atoms with Crippen LogP contribution in [0.3, 0.4) is 0 Å². The Morgan fingerprint density at radius 3 is 3.15 bits per heavy atom. The number of carbonyl (C=O) groups excluding carboxylic acids is 1. The van der Waals surface area contributed by atoms with Gasteiger partial charge in [-0.3, -0.25) is 4.79 Å². The Labute approximate surface area is 118 Å². The first-order chi connectivity index (χ1) is 9.81. The van der Waals surface area contributed by atoms with E-state index in [0.29, 0.717) is 12.8 Å². The number of amides is 1. The molecular formula is C16H18N2O2. The number of furan rings is 1. The molecule has 2 heterocycles. The number of hydrogen-bond acceptors (Lipinski definition) is 3. The molecule has 0 spiro atoms. The van der Waals surface area contributed by atoms with Crippen molar-refractivity contribution in [1.29, 1.82) is 0 Å². The van der Waals surface area contributed by atoms with Gasteiger partial charge in [0.05, 0.1) is 6.26 Å². The topological polar surface area (TPSA) is 54.3 Å². The lowest BCUT2D eigenvalue weighted by molar-refractivity contribution is -0.116. The largest absolute Gasteiger partial charge is 0.469 e. The Hall–Kier alpha value is -2.23. The van der Waals surface area contributed by atoms with Crippen LogP contribution in [0.25, 0.3) is 0 Å². The fraction of sp³-hybridized carbons (Fsp3) is 0.312. The van der Waals surface area contributed by atoms with Crippen molar-refractivity contribution >= 4 is 17.3 Å². The number of anilines is 2. The maximum Gasteiger partial charge on any atom is 0.224 e. The van der Waals surface area contributed by atoms with Gasteiger partial charge in [0.15, 0.2) is 0 Å². The van der Waals surface area contributed by atoms with Crippen LogP contribution >= 0.6 is 0 Å². The third-order valence-corrected chi connectivity index (χ3v) is 3.51. The van der Waals surface area contributed by atoms with Gasteiger partial charge in [0, 0.05) is 30.8 Å². The average molecular weight is 270 g/mol. The summed E-state index contributed by atoms with van der Waals surface area (Å²) in [7, 11) is 0. The van der Waals surface area contributed by atoms with Crippen LogP contribution in [0.2, 0.25) is 0 Å². The summed E-state index contributed by atoms with van der Waals surface area (Å²) >= 11 is 0. The van der Waals surface area contributed by atoms with Crippen molar-refractivity contribution in [2.24, 2.45) is 0 Å². The first kappa shape index (κ1) is 12.8. The molecule has 2 N–H and O–H groups in total. The summed E-state index contributed by atoms with van der Waals surface area (Å²) in [6.45, 7) is 1.00. The van der Waals surface area contributed by atoms with Gasteiger partial charge in [-0.1, -0.05) is 6.07 Å². The Morgan fingerprint density at radius 2 is 2.30 bits per heavy atom. The first-order valence-corrected chi connectivity index (χ1v) is 7.00. The second kappa shape index (κ2) is 5.82. The number of carbonyl (C=O) groups is 1. The number of aryl methyl sites for hydroxylation is 2. The molecule has 0 saturated heterocycles. The Morgan fingerprint density at radius 1 is 1.35 bits per heavy atom. The van der Waals surface area contributed by atoms with Crippen molar-refractivity contribution < 1.29 is 9.21 Å². The standard InChI is InChI=1S/C16H18N2O2/c19-16(8-7-14-4-2-10-20-14)18-13-6-5-12-3-1-9-17-15(12)11-13/h2,4-6,10-11,17H,1,3,7-9H2,(H,18,19). The van der Waals surface area contributed by atoms with Gasteiger partial charge in [-0.2, -0.15) is 0 Å². The molecule has 1 aliphatic rings. The van der Waals surface area contributed by atoms with Crippen molar-refractivity contribution in [2.45, 2.75) is 25.7 Å². The molecule has 0 saturated carbocycles. The van der Waals surface area contributed by atoms with E-state index >= 15 is 0 Å². The average Bonchev–Trinajstić information content (AvgIpc) is 2.98. The van der Waals surface area contributed by atoms with E-state index in [4.69, 9.17) is 4.42 Å². The van der Waals surface area contributed by atoms with Crippen LogP contribution in [-0.2, 0) is 17.6 Å². The fourth-order valence-corrected chi connectivity index (χ4v) is 2.45. The molecule has 0 unspecified atom stereocenters. The maximum absolute atomic E-state index is 11.9. The summed E-state index contributed by atoms with van der Waals surface area (Å²) in [6, 6.07) is 9.79. The summed E-state index contributed by atoms with van der Waals surface area (Å²) in [4.78, 5) is 11.9. The zero-order valence-electron chi connectivity index (χ0n) is 11.3. The van der Waals surface area contributed by atoms with E-state index < -0.39 is 0 Å². The third-order valence-electron chi connectivity index (χ3n) is 3.51. The molecule has 2 aromatic rings. The quantitative estimate of drug-likeness (QED) is 0.897. The minimum absolute atomic E-state index is 0.0113. The lowest BCUT2D eigenvalue weighted by atomic mass is 10.0. The lowest BCUT2D eigenvalue weighted by Gasteiger charge is -2.18. The van der Waals surface area contributed by atoms with E-state index in [1.54, 1.807) is 6.26 Å². The molecule has 1 aliphatic heterocycles. The summed E-state index contributed by atoms with van der Waals surface area (Å²) in [5.74, 6) is 0.851. The van der Waals surface area contributed by atoms with Gasteiger partial charge in [-0.05, 0) is 42.7 Å². The maximum atomic E-state index is 11.9. The van der Waals surface area contributed by atoms with E-state index in [9.17, 15) is 4.79 Å². The van der Waals surface area contributed by atoms with Gasteiger partial charge < -0.3 is 15.1 Å². The zero-order valence-corrected chi connectivity index (χ0v) is 11.3. The normalized spacial score (nSPS) is 13.4. The van der Waals surface area contributed by atoms with Crippen LogP contribution in [0, 0.1) is 0 Å². The molecule has 4 heteroatoms. The lowest BCUT2D eigenvalue weighted by Crippen LogP contribution is -2.15. The molecule has 0 fully saturated rings. The molecule has 4 nitrogen and oxygen atoms in total. The van der Waals surface area contributed by atoms with Crippen molar-refractivity contribution in [2.75, 3.05) is 17.2 Å². The summed E-state index contributed by atoms with van der Waals surface area (Å²) < 4.78 is 5.22. The zero-order chi connectivity index (χ0) is 13.8. The second-order valence-electron chi connectivity index (χ2n) is 5.03. The van der Waals surface area contributed by atoms with E-state index in [2.05, 4.69) is 16.7 Å². The van der Waals surface area contributed by atoms with Crippen molar-refractivity contribution in [3.8, 4) is 0 Å². The van der Waals surface area contributed by atoms with Crippen LogP contribution in [0.4, 0.5) is 11.4 Å². The molecule has 1 aromatic heterocycles. The second-order valence-corrected chi connectivity index (χ2v) is 5.03. The Balaban J connectivity index is 1.58. The highest BCUT2D eigenvalue weighted by Crippen LogP contribution is 2.25. The molecule has 1 aromatic carbocycles. The summed E-state index contributed by atoms with van der Waals surface area (Å²) in [5.41, 5.74) is 3.31. The van der Waals surface area contributed by atoms with Crippen molar-refractivity contribution in [3.05, 3.63) is 47.9 Å². The smallest absolute Gasteiger partial charge is 0.224 e. The van der Waals surface area contributed by atoms with Crippen LogP contribution in [0.15, 0.2) is 41.0 Å². The number of fused-ring (bicyclic) bond motifs is 1. The van der Waals surface area contributed by atoms with Gasteiger partial charge in [0.1, 0.15) is 5.76 Å². The highest BCUT2D eigenvalue weighted by molar-refractivity contribution is 5.91. The highest BCUT2D eigenvalue weighted by atomic mass is 16.3. The third kappa shape index (κ3) is 3.02. The Kier molecular flexibility index (Phi) is 3.72. The Bertz CT molecular complexity index is 591. The fourth-order valence-electron chi connectivity index (χ4n) is 2.45. The molecule has 20 heavy (non-hydrogen) atoms. The predicted octanol–water partition coefficient (Wildman–Crippen LogP) is 3.21. The summed E-state index contributed by atoms with van der Waals surface area (Å²) in [6.07, 6.45) is 4.96. The van der Waals surface area contributed by atoms with Crippen LogP contribution in [0.5, 0.6) is 0 Å². The van der Waals surface area contributed by atoms with E-state index in [-0.39, 0.29) is 5.91 Å². The molecule has 3 rings (SSSR count). The summed E-state index contributed by atoms with van der Waals surface area (Å²) in [5, 5.41) is 6.30. The molecule has 0 atom stereocenters. The molecular weight excluding hydrogens is 252 g/mol. The van der Waals surface area contributed by atoms with E-state index in [1.165, 1.54) is 12.0 Å². The van der Waals surface area contributed by atoms with Crippen LogP contribution in [-0.4, -0.2) is 12.5 Å². The SMILES string of the molecule is O=C(CCc1ccco1)Nc1ccc2c(c1)NCCC2. The number of benzene rings is 1. The van der Waals surface area contributed by atoms with Crippen molar-refractivity contribution in [3.63, 3.8) is 0 Å². The first-order valence-electron chi connectivity index (χ1n) is 7.00. The van der Waals surface area contributed by atoms with Gasteiger partial charge in [-0.15, -0.1) is 0 Å². The van der Waals surface area contributed by atoms with Gasteiger partial charge in [0.2, 0.25) is 5.91 Å². The molecule has 104 valence electrons. The van der Waals surface area contributed by atoms with E-state index in [0.717, 1.165) is 30.1 Å². The van der Waals surface area contributed by atoms with Gasteiger partial charge in [0.25, 0.3) is 0 Å². The van der Waals surface area contributed by atoms with Crippen LogP contribution < -0.4 is 10.6 Å². The number of rotatable bonds is 4. The van der Waals surface area contributed by atoms with E-state index in [1.807, 2.05) is 24.3 Å². The predicted molar refractivity (Wildman–Crippen MR) is 78.9 cm³/mol. The van der Waals surface area contributed by atoms with Crippen LogP contribution in [0.1, 0.15) is 24.2 Å². The van der Waals surface area contributed by atoms with Crippen molar-refractivity contribution in [1.82, 2.24) is 0 Å². The minimum atomic E-state index is 0.0113. The minimum Gasteiger partial charge on any atom is -0.469 e. The number of nitrogens with one attached hydrogen (secondary N) is 2. The highest BCUT2D eigenvalue weighted by Gasteiger charge is 2.10. The van der Waals surface area contributed by atoms with Gasteiger partial charge in [-0.25, -0.2) is 0 Å².